The zero-order chi connectivity index (χ0) is 15.2. The summed E-state index contributed by atoms with van der Waals surface area (Å²) in [5, 5.41) is 19.0. The fraction of sp³-hybridized carbons (Fsp3) is 0.0667. The number of aliphatic carboxylic acids is 1. The molecular formula is C15H10FNO3S. The first-order valence-corrected chi connectivity index (χ1v) is 6.77. The Balaban J connectivity index is 2.00. The maximum absolute atomic E-state index is 13.6. The number of benzene rings is 1. The van der Waals surface area contributed by atoms with Crippen LogP contribution in [0.15, 0.2) is 35.7 Å². The number of carbonyl (C=O) groups is 1. The van der Waals surface area contributed by atoms with E-state index in [1.165, 1.54) is 29.5 Å². The van der Waals surface area contributed by atoms with E-state index in [9.17, 15) is 9.18 Å². The van der Waals surface area contributed by atoms with E-state index in [0.717, 1.165) is 22.6 Å². The highest BCUT2D eigenvalue weighted by Gasteiger charge is 2.06. The highest BCUT2D eigenvalue weighted by atomic mass is 32.1. The van der Waals surface area contributed by atoms with Gasteiger partial charge in [-0.1, -0.05) is 0 Å². The largest absolute Gasteiger partial charge is 0.485 e. The SMILES string of the molecule is N#Cc1ccc(OCc2cc(/C=C/C(=O)O)cs2)c(F)c1. The maximum Gasteiger partial charge on any atom is 0.328 e. The van der Waals surface area contributed by atoms with Gasteiger partial charge in [-0.3, -0.25) is 0 Å². The normalized spacial score (nSPS) is 10.5. The minimum atomic E-state index is -1.02. The van der Waals surface area contributed by atoms with Gasteiger partial charge in [-0.2, -0.15) is 5.26 Å². The first kappa shape index (κ1) is 14.8. The lowest BCUT2D eigenvalue weighted by molar-refractivity contribution is -0.131. The molecule has 0 amide bonds. The average molecular weight is 303 g/mol. The van der Waals surface area contributed by atoms with E-state index in [0.29, 0.717) is 0 Å². The third-order valence-electron chi connectivity index (χ3n) is 2.52. The van der Waals surface area contributed by atoms with Crippen LogP contribution in [-0.4, -0.2) is 11.1 Å². The zero-order valence-electron chi connectivity index (χ0n) is 10.7. The van der Waals surface area contributed by atoms with Crippen LogP contribution in [0.1, 0.15) is 16.0 Å². The molecule has 2 rings (SSSR count). The molecule has 0 aliphatic heterocycles. The van der Waals surface area contributed by atoms with Gasteiger partial charge in [0, 0.05) is 11.0 Å². The van der Waals surface area contributed by atoms with Gasteiger partial charge in [0.15, 0.2) is 11.6 Å². The van der Waals surface area contributed by atoms with Gasteiger partial charge in [0.05, 0.1) is 11.6 Å². The second kappa shape index (κ2) is 6.68. The van der Waals surface area contributed by atoms with E-state index in [4.69, 9.17) is 15.1 Å². The number of hydrogen-bond acceptors (Lipinski definition) is 4. The molecular weight excluding hydrogens is 293 g/mol. The highest BCUT2D eigenvalue weighted by Crippen LogP contribution is 2.22. The van der Waals surface area contributed by atoms with Crippen LogP contribution in [0.5, 0.6) is 5.75 Å². The van der Waals surface area contributed by atoms with E-state index in [-0.39, 0.29) is 17.9 Å². The first-order chi connectivity index (χ1) is 10.1. The Bertz CT molecular complexity index is 731. The smallest absolute Gasteiger partial charge is 0.328 e. The standard InChI is InChI=1S/C15H10FNO3S/c16-13-6-10(7-17)1-3-14(13)20-8-12-5-11(9-21-12)2-4-15(18)19/h1-6,9H,8H2,(H,18,19)/b4-2+. The topological polar surface area (TPSA) is 70.3 Å². The summed E-state index contributed by atoms with van der Waals surface area (Å²) in [7, 11) is 0. The van der Waals surface area contributed by atoms with Gasteiger partial charge < -0.3 is 9.84 Å². The number of carboxylic acid groups (broad SMARTS) is 1. The number of nitrogens with zero attached hydrogens (tertiary/aromatic N) is 1. The third kappa shape index (κ3) is 4.16. The van der Waals surface area contributed by atoms with Crippen molar-refractivity contribution in [1.29, 1.82) is 5.26 Å². The molecule has 6 heteroatoms. The van der Waals surface area contributed by atoms with Crippen LogP contribution in [0, 0.1) is 17.1 Å². The van der Waals surface area contributed by atoms with E-state index in [2.05, 4.69) is 0 Å². The van der Waals surface area contributed by atoms with Crippen LogP contribution in [0.4, 0.5) is 4.39 Å². The van der Waals surface area contributed by atoms with Gasteiger partial charge in [-0.05, 0) is 41.3 Å². The molecule has 0 unspecified atom stereocenters. The lowest BCUT2D eigenvalue weighted by atomic mass is 10.2. The summed E-state index contributed by atoms with van der Waals surface area (Å²) < 4.78 is 19.0. The highest BCUT2D eigenvalue weighted by molar-refractivity contribution is 7.10. The van der Waals surface area contributed by atoms with Gasteiger partial charge in [-0.15, -0.1) is 11.3 Å². The fourth-order valence-electron chi connectivity index (χ4n) is 1.56. The Kier molecular flexibility index (Phi) is 4.69. The monoisotopic (exact) mass is 303 g/mol. The molecule has 4 nitrogen and oxygen atoms in total. The Hall–Kier alpha value is -2.65. The van der Waals surface area contributed by atoms with Gasteiger partial charge in [-0.25, -0.2) is 9.18 Å². The van der Waals surface area contributed by atoms with Crippen molar-refractivity contribution < 1.29 is 19.0 Å². The summed E-state index contributed by atoms with van der Waals surface area (Å²) in [4.78, 5) is 11.2. The number of rotatable bonds is 5. The van der Waals surface area contributed by atoms with Gasteiger partial charge in [0.25, 0.3) is 0 Å². The molecule has 1 aromatic heterocycles. The molecule has 0 saturated heterocycles. The molecule has 0 saturated carbocycles. The van der Waals surface area contributed by atoms with Crippen molar-refractivity contribution in [2.24, 2.45) is 0 Å². The van der Waals surface area contributed by atoms with Crippen molar-refractivity contribution in [2.75, 3.05) is 0 Å². The van der Waals surface area contributed by atoms with E-state index >= 15 is 0 Å². The fourth-order valence-corrected chi connectivity index (χ4v) is 2.33. The Labute approximate surface area is 124 Å². The molecule has 0 aliphatic rings. The molecule has 0 fully saturated rings. The van der Waals surface area contributed by atoms with Gasteiger partial charge in [0.1, 0.15) is 6.61 Å². The van der Waals surface area contributed by atoms with Crippen LogP contribution in [0.3, 0.4) is 0 Å². The maximum atomic E-state index is 13.6. The summed E-state index contributed by atoms with van der Waals surface area (Å²) in [6.45, 7) is 0.175. The van der Waals surface area contributed by atoms with E-state index in [1.807, 2.05) is 6.07 Å². The Morgan fingerprint density at radius 3 is 2.95 bits per heavy atom. The number of nitriles is 1. The second-order valence-corrected chi connectivity index (χ2v) is 5.06. The third-order valence-corrected chi connectivity index (χ3v) is 3.45. The summed E-state index contributed by atoms with van der Waals surface area (Å²) in [6, 6.07) is 7.62. The van der Waals surface area contributed by atoms with Crippen LogP contribution >= 0.6 is 11.3 Å². The lowest BCUT2D eigenvalue weighted by Crippen LogP contribution is -1.95. The predicted molar refractivity (Wildman–Crippen MR) is 76.4 cm³/mol. The van der Waals surface area contributed by atoms with Crippen LogP contribution < -0.4 is 4.74 Å². The number of thiophene rings is 1. The molecule has 0 radical (unpaired) electrons. The van der Waals surface area contributed by atoms with Crippen molar-refractivity contribution in [2.45, 2.75) is 6.61 Å². The summed E-state index contributed by atoms with van der Waals surface area (Å²) in [5.74, 6) is -1.53. The van der Waals surface area contributed by atoms with Crippen molar-refractivity contribution >= 4 is 23.4 Å². The molecule has 2 aromatic rings. The molecule has 1 aromatic carbocycles. The van der Waals surface area contributed by atoms with E-state index < -0.39 is 11.8 Å². The minimum absolute atomic E-state index is 0.0741. The number of carboxylic acids is 1. The Morgan fingerprint density at radius 2 is 2.29 bits per heavy atom. The number of halogens is 1. The predicted octanol–water partition coefficient (Wildman–Crippen LogP) is 3.44. The molecule has 0 bridgehead atoms. The van der Waals surface area contributed by atoms with Crippen molar-refractivity contribution in [3.63, 3.8) is 0 Å². The number of hydrogen-bond donors (Lipinski definition) is 1. The molecule has 0 aliphatic carbocycles. The van der Waals surface area contributed by atoms with Gasteiger partial charge >= 0.3 is 5.97 Å². The summed E-state index contributed by atoms with van der Waals surface area (Å²) >= 11 is 1.39. The summed E-state index contributed by atoms with van der Waals surface area (Å²) in [5.41, 5.74) is 0.985. The minimum Gasteiger partial charge on any atom is -0.485 e. The van der Waals surface area contributed by atoms with Crippen molar-refractivity contribution in [1.82, 2.24) is 0 Å². The van der Waals surface area contributed by atoms with E-state index in [1.54, 1.807) is 11.4 Å². The molecule has 0 spiro atoms. The molecule has 21 heavy (non-hydrogen) atoms. The summed E-state index contributed by atoms with van der Waals surface area (Å²) in [6.07, 6.45) is 2.53. The molecule has 1 N–H and O–H groups in total. The zero-order valence-corrected chi connectivity index (χ0v) is 11.6. The molecule has 106 valence electrons. The van der Waals surface area contributed by atoms with Crippen LogP contribution in [0.25, 0.3) is 6.08 Å². The second-order valence-electron chi connectivity index (χ2n) is 4.06. The molecule has 1 heterocycles. The number of ether oxygens (including phenoxy) is 1. The van der Waals surface area contributed by atoms with Gasteiger partial charge in [0.2, 0.25) is 0 Å². The molecule has 0 atom stereocenters. The Morgan fingerprint density at radius 1 is 1.48 bits per heavy atom. The van der Waals surface area contributed by atoms with Crippen LogP contribution in [-0.2, 0) is 11.4 Å². The lowest BCUT2D eigenvalue weighted by Gasteiger charge is -2.05. The average Bonchev–Trinajstić information content (AvgIpc) is 2.91. The van der Waals surface area contributed by atoms with Crippen molar-refractivity contribution in [3.8, 4) is 11.8 Å². The van der Waals surface area contributed by atoms with Crippen LogP contribution in [0.2, 0.25) is 0 Å². The first-order valence-electron chi connectivity index (χ1n) is 5.89. The quantitative estimate of drug-likeness (QED) is 0.859. The van der Waals surface area contributed by atoms with Crippen molar-refractivity contribution in [3.05, 3.63) is 57.5 Å².